The van der Waals surface area contributed by atoms with Crippen LogP contribution in [0.2, 0.25) is 0 Å². The predicted molar refractivity (Wildman–Crippen MR) is 91.2 cm³/mol. The standard InChI is InChI=1S/C18H23N3O3/c1-3-7-13-12-15(20-24-13)16-9-6-11-21(16)18(22)19-14-8-4-5-10-17(14)23-2/h4-5,8,10,12,16H,3,6-7,9,11H2,1-2H3,(H,19,22)/t16-/m1/s1. The normalized spacial score (nSPS) is 17.1. The zero-order valence-corrected chi connectivity index (χ0v) is 14.1. The van der Waals surface area contributed by atoms with E-state index in [0.29, 0.717) is 18.0 Å². The van der Waals surface area contributed by atoms with Gasteiger partial charge in [-0.3, -0.25) is 0 Å². The number of likely N-dealkylation sites (tertiary alicyclic amines) is 1. The number of rotatable bonds is 5. The van der Waals surface area contributed by atoms with Crippen molar-refractivity contribution in [2.45, 2.75) is 38.6 Å². The van der Waals surface area contributed by atoms with E-state index in [1.807, 2.05) is 35.2 Å². The second kappa shape index (κ2) is 7.38. The predicted octanol–water partition coefficient (Wildman–Crippen LogP) is 4.00. The van der Waals surface area contributed by atoms with E-state index in [4.69, 9.17) is 9.26 Å². The fourth-order valence-electron chi connectivity index (χ4n) is 3.10. The molecule has 1 saturated heterocycles. The molecule has 6 heteroatoms. The van der Waals surface area contributed by atoms with Crippen molar-refractivity contribution in [2.24, 2.45) is 0 Å². The highest BCUT2D eigenvalue weighted by Gasteiger charge is 2.32. The molecule has 0 unspecified atom stereocenters. The highest BCUT2D eigenvalue weighted by atomic mass is 16.5. The summed E-state index contributed by atoms with van der Waals surface area (Å²) in [5.74, 6) is 1.53. The van der Waals surface area contributed by atoms with Crippen LogP contribution in [0.5, 0.6) is 5.75 Å². The Morgan fingerprint density at radius 1 is 1.46 bits per heavy atom. The number of carbonyl (C=O) groups excluding carboxylic acids is 1. The summed E-state index contributed by atoms with van der Waals surface area (Å²) in [6, 6.07) is 9.20. The topological polar surface area (TPSA) is 67.6 Å². The minimum absolute atomic E-state index is 0.0333. The zero-order valence-electron chi connectivity index (χ0n) is 14.1. The van der Waals surface area contributed by atoms with Gasteiger partial charge in [-0.1, -0.05) is 24.2 Å². The van der Waals surface area contributed by atoms with E-state index in [2.05, 4.69) is 17.4 Å². The number of hydrogen-bond donors (Lipinski definition) is 1. The number of amides is 2. The highest BCUT2D eigenvalue weighted by molar-refractivity contribution is 5.91. The molecule has 1 fully saturated rings. The molecule has 24 heavy (non-hydrogen) atoms. The molecule has 1 aromatic carbocycles. The van der Waals surface area contributed by atoms with Gasteiger partial charge in [0.15, 0.2) is 0 Å². The van der Waals surface area contributed by atoms with Gasteiger partial charge in [0.05, 0.1) is 18.8 Å². The first-order valence-corrected chi connectivity index (χ1v) is 8.39. The summed E-state index contributed by atoms with van der Waals surface area (Å²) in [6.07, 6.45) is 3.74. The summed E-state index contributed by atoms with van der Waals surface area (Å²) >= 11 is 0. The minimum atomic E-state index is -0.137. The van der Waals surface area contributed by atoms with Crippen LogP contribution in [0.3, 0.4) is 0 Å². The zero-order chi connectivity index (χ0) is 16.9. The number of aromatic nitrogens is 1. The molecule has 1 aromatic heterocycles. The number of carbonyl (C=O) groups is 1. The monoisotopic (exact) mass is 329 g/mol. The van der Waals surface area contributed by atoms with E-state index in [9.17, 15) is 4.79 Å². The number of nitrogens with one attached hydrogen (secondary N) is 1. The first-order valence-electron chi connectivity index (χ1n) is 8.39. The fourth-order valence-corrected chi connectivity index (χ4v) is 3.10. The summed E-state index contributed by atoms with van der Waals surface area (Å²) in [7, 11) is 1.59. The van der Waals surface area contributed by atoms with E-state index >= 15 is 0 Å². The van der Waals surface area contributed by atoms with Crippen molar-refractivity contribution in [1.82, 2.24) is 10.1 Å². The molecule has 0 aliphatic carbocycles. The molecule has 1 aliphatic heterocycles. The molecule has 0 bridgehead atoms. The first kappa shape index (κ1) is 16.4. The Morgan fingerprint density at radius 3 is 3.08 bits per heavy atom. The SMILES string of the molecule is CCCc1cc([C@H]2CCCN2C(=O)Nc2ccccc2OC)no1. The largest absolute Gasteiger partial charge is 0.495 e. The number of ether oxygens (including phenoxy) is 1. The van der Waals surface area contributed by atoms with Crippen molar-refractivity contribution in [3.8, 4) is 5.75 Å². The minimum Gasteiger partial charge on any atom is -0.495 e. The lowest BCUT2D eigenvalue weighted by Gasteiger charge is -2.23. The summed E-state index contributed by atoms with van der Waals surface area (Å²) in [4.78, 5) is 14.5. The number of aryl methyl sites for hydroxylation is 1. The maximum Gasteiger partial charge on any atom is 0.322 e. The molecule has 2 amide bonds. The maximum absolute atomic E-state index is 12.7. The molecule has 3 rings (SSSR count). The third-order valence-corrected chi connectivity index (χ3v) is 4.28. The summed E-state index contributed by atoms with van der Waals surface area (Å²) in [5, 5.41) is 7.11. The van der Waals surface area contributed by atoms with Gasteiger partial charge < -0.3 is 19.5 Å². The number of anilines is 1. The Bertz CT molecular complexity index is 698. The van der Waals surface area contributed by atoms with Crippen LogP contribution < -0.4 is 10.1 Å². The number of para-hydroxylation sites is 2. The molecule has 1 atom stereocenters. The molecule has 1 aliphatic rings. The molecule has 2 heterocycles. The molecule has 2 aromatic rings. The Balaban J connectivity index is 1.73. The van der Waals surface area contributed by atoms with Crippen LogP contribution in [-0.4, -0.2) is 29.7 Å². The van der Waals surface area contributed by atoms with Gasteiger partial charge in [-0.05, 0) is 31.4 Å². The lowest BCUT2D eigenvalue weighted by Crippen LogP contribution is -2.34. The number of methoxy groups -OCH3 is 1. The van der Waals surface area contributed by atoms with Gasteiger partial charge in [-0.15, -0.1) is 0 Å². The molecular weight excluding hydrogens is 306 g/mol. The molecule has 1 N–H and O–H groups in total. The number of benzene rings is 1. The Morgan fingerprint density at radius 2 is 2.29 bits per heavy atom. The Kier molecular flexibility index (Phi) is 5.03. The molecule has 0 radical (unpaired) electrons. The lowest BCUT2D eigenvalue weighted by molar-refractivity contribution is 0.204. The van der Waals surface area contributed by atoms with Crippen molar-refractivity contribution < 1.29 is 14.1 Å². The van der Waals surface area contributed by atoms with Crippen molar-refractivity contribution in [2.75, 3.05) is 19.0 Å². The lowest BCUT2D eigenvalue weighted by atomic mass is 10.1. The van der Waals surface area contributed by atoms with Crippen molar-refractivity contribution in [1.29, 1.82) is 0 Å². The van der Waals surface area contributed by atoms with Gasteiger partial charge in [-0.2, -0.15) is 0 Å². The van der Waals surface area contributed by atoms with Gasteiger partial charge >= 0.3 is 6.03 Å². The van der Waals surface area contributed by atoms with Gasteiger partial charge in [0.2, 0.25) is 0 Å². The third kappa shape index (κ3) is 3.37. The smallest absolute Gasteiger partial charge is 0.322 e. The molecule has 0 saturated carbocycles. The average Bonchev–Trinajstić information content (AvgIpc) is 3.24. The van der Waals surface area contributed by atoms with E-state index in [-0.39, 0.29) is 12.1 Å². The number of hydrogen-bond acceptors (Lipinski definition) is 4. The molecule has 0 spiro atoms. The van der Waals surface area contributed by atoms with Crippen LogP contribution in [0.15, 0.2) is 34.9 Å². The van der Waals surface area contributed by atoms with Gasteiger partial charge in [0.25, 0.3) is 0 Å². The highest BCUT2D eigenvalue weighted by Crippen LogP contribution is 2.33. The van der Waals surface area contributed by atoms with Gasteiger partial charge in [0.1, 0.15) is 17.2 Å². The average molecular weight is 329 g/mol. The third-order valence-electron chi connectivity index (χ3n) is 4.28. The van der Waals surface area contributed by atoms with Crippen LogP contribution >= 0.6 is 0 Å². The summed E-state index contributed by atoms with van der Waals surface area (Å²) < 4.78 is 10.7. The van der Waals surface area contributed by atoms with E-state index in [1.165, 1.54) is 0 Å². The van der Waals surface area contributed by atoms with Crippen LogP contribution in [0, 0.1) is 0 Å². The van der Waals surface area contributed by atoms with Crippen LogP contribution in [0.1, 0.15) is 43.7 Å². The second-order valence-electron chi connectivity index (χ2n) is 5.95. The van der Waals surface area contributed by atoms with Crippen LogP contribution in [-0.2, 0) is 6.42 Å². The van der Waals surface area contributed by atoms with Crippen LogP contribution in [0.4, 0.5) is 10.5 Å². The van der Waals surface area contributed by atoms with Crippen molar-refractivity contribution in [3.05, 3.63) is 41.8 Å². The fraction of sp³-hybridized carbons (Fsp3) is 0.444. The Hall–Kier alpha value is -2.50. The maximum atomic E-state index is 12.7. The van der Waals surface area contributed by atoms with E-state index in [0.717, 1.165) is 37.1 Å². The van der Waals surface area contributed by atoms with E-state index < -0.39 is 0 Å². The second-order valence-corrected chi connectivity index (χ2v) is 5.95. The molecule has 6 nitrogen and oxygen atoms in total. The first-order chi connectivity index (χ1) is 11.7. The van der Waals surface area contributed by atoms with Crippen LogP contribution in [0.25, 0.3) is 0 Å². The van der Waals surface area contributed by atoms with Crippen molar-refractivity contribution in [3.63, 3.8) is 0 Å². The number of urea groups is 1. The summed E-state index contributed by atoms with van der Waals surface area (Å²) in [5.41, 5.74) is 1.51. The van der Waals surface area contributed by atoms with E-state index in [1.54, 1.807) is 7.11 Å². The van der Waals surface area contributed by atoms with Gasteiger partial charge in [-0.25, -0.2) is 4.79 Å². The quantitative estimate of drug-likeness (QED) is 0.900. The summed E-state index contributed by atoms with van der Waals surface area (Å²) in [6.45, 7) is 2.81. The number of nitrogens with zero attached hydrogens (tertiary/aromatic N) is 2. The molecular formula is C18H23N3O3. The Labute approximate surface area is 141 Å². The van der Waals surface area contributed by atoms with Gasteiger partial charge in [0, 0.05) is 19.0 Å². The molecule has 128 valence electrons. The van der Waals surface area contributed by atoms with Crippen molar-refractivity contribution >= 4 is 11.7 Å².